The smallest absolute Gasteiger partial charge is 0.269 e. The van der Waals surface area contributed by atoms with Gasteiger partial charge >= 0.3 is 0 Å². The van der Waals surface area contributed by atoms with Gasteiger partial charge in [0.15, 0.2) is 4.96 Å². The Balaban J connectivity index is 2.05. The molecule has 0 saturated carbocycles. The first-order valence-corrected chi connectivity index (χ1v) is 6.67. The summed E-state index contributed by atoms with van der Waals surface area (Å²) in [6.45, 7) is 1.78. The molecule has 0 fully saturated rings. The molecule has 0 amide bonds. The lowest BCUT2D eigenvalue weighted by Gasteiger charge is -2.01. The monoisotopic (exact) mass is 287 g/mol. The zero-order valence-corrected chi connectivity index (χ0v) is 11.3. The fourth-order valence-electron chi connectivity index (χ4n) is 2.04. The Labute approximate surface area is 117 Å². The maximum atomic E-state index is 12.5. The molecule has 0 unspecified atom stereocenters. The number of aryl methyl sites for hydroxylation is 1. The van der Waals surface area contributed by atoms with Gasteiger partial charge in [0.05, 0.1) is 10.6 Å². The van der Waals surface area contributed by atoms with Crippen molar-refractivity contribution in [3.63, 3.8) is 0 Å². The predicted molar refractivity (Wildman–Crippen MR) is 74.3 cm³/mol. The van der Waals surface area contributed by atoms with Gasteiger partial charge in [-0.2, -0.15) is 0 Å². The van der Waals surface area contributed by atoms with Crippen molar-refractivity contribution in [3.05, 3.63) is 62.9 Å². The Morgan fingerprint density at radius 1 is 1.35 bits per heavy atom. The Bertz CT molecular complexity index is 817. The standard InChI is InChI=1S/C13H9N3O3S/c1-8-11(15-6-7-20-13(15)14-8)12(17)9-2-4-10(5-3-9)16(18)19/h2-7H,1H3. The van der Waals surface area contributed by atoms with Gasteiger partial charge in [-0.05, 0) is 19.1 Å². The van der Waals surface area contributed by atoms with Crippen LogP contribution in [0, 0.1) is 17.0 Å². The molecule has 6 nitrogen and oxygen atoms in total. The van der Waals surface area contributed by atoms with E-state index < -0.39 is 4.92 Å². The van der Waals surface area contributed by atoms with Crippen LogP contribution < -0.4 is 0 Å². The Hall–Kier alpha value is -2.54. The number of hydrogen-bond acceptors (Lipinski definition) is 5. The summed E-state index contributed by atoms with van der Waals surface area (Å²) in [6, 6.07) is 5.58. The van der Waals surface area contributed by atoms with E-state index in [4.69, 9.17) is 0 Å². The van der Waals surface area contributed by atoms with Crippen LogP contribution in [0.15, 0.2) is 35.8 Å². The number of carbonyl (C=O) groups is 1. The number of imidazole rings is 1. The van der Waals surface area contributed by atoms with Crippen molar-refractivity contribution in [2.24, 2.45) is 0 Å². The molecule has 3 aromatic rings. The molecule has 20 heavy (non-hydrogen) atoms. The molecule has 0 atom stereocenters. The van der Waals surface area contributed by atoms with E-state index in [0.29, 0.717) is 17.0 Å². The van der Waals surface area contributed by atoms with Crippen molar-refractivity contribution in [1.29, 1.82) is 0 Å². The fourth-order valence-corrected chi connectivity index (χ4v) is 2.80. The molecular weight excluding hydrogens is 278 g/mol. The average Bonchev–Trinajstić information content (AvgIpc) is 2.98. The van der Waals surface area contributed by atoms with Gasteiger partial charge in [-0.1, -0.05) is 0 Å². The number of thiazole rings is 1. The molecule has 100 valence electrons. The molecule has 1 aromatic carbocycles. The number of hydrogen-bond donors (Lipinski definition) is 0. The van der Waals surface area contributed by atoms with E-state index >= 15 is 0 Å². The number of nitrogens with zero attached hydrogens (tertiary/aromatic N) is 3. The summed E-state index contributed by atoms with van der Waals surface area (Å²) >= 11 is 1.45. The first-order chi connectivity index (χ1) is 9.58. The quantitative estimate of drug-likeness (QED) is 0.421. The molecule has 0 aliphatic carbocycles. The minimum atomic E-state index is -0.491. The lowest BCUT2D eigenvalue weighted by molar-refractivity contribution is -0.384. The molecule has 0 spiro atoms. The molecular formula is C13H9N3O3S. The highest BCUT2D eigenvalue weighted by molar-refractivity contribution is 7.15. The predicted octanol–water partition coefficient (Wildman–Crippen LogP) is 2.84. The summed E-state index contributed by atoms with van der Waals surface area (Å²) in [7, 11) is 0. The van der Waals surface area contributed by atoms with Crippen LogP contribution in [0.1, 0.15) is 21.7 Å². The molecule has 2 heterocycles. The summed E-state index contributed by atoms with van der Waals surface area (Å²) in [5.74, 6) is -0.191. The first kappa shape index (κ1) is 12.5. The van der Waals surface area contributed by atoms with Gasteiger partial charge in [0.25, 0.3) is 5.69 Å². The topological polar surface area (TPSA) is 77.5 Å². The molecule has 0 bridgehead atoms. The van der Waals surface area contributed by atoms with Gasteiger partial charge in [0.2, 0.25) is 5.78 Å². The lowest BCUT2D eigenvalue weighted by atomic mass is 10.1. The van der Waals surface area contributed by atoms with Crippen molar-refractivity contribution >= 4 is 27.8 Å². The molecule has 2 aromatic heterocycles. The molecule has 0 aliphatic rings. The Morgan fingerprint density at radius 3 is 2.70 bits per heavy atom. The maximum Gasteiger partial charge on any atom is 0.269 e. The normalized spacial score (nSPS) is 10.8. The van der Waals surface area contributed by atoms with Crippen LogP contribution >= 0.6 is 11.3 Å². The largest absolute Gasteiger partial charge is 0.287 e. The van der Waals surface area contributed by atoms with E-state index in [2.05, 4.69) is 4.98 Å². The SMILES string of the molecule is Cc1nc2sccn2c1C(=O)c1ccc([N+](=O)[O-])cc1. The number of nitro benzene ring substituents is 1. The number of aromatic nitrogens is 2. The number of benzene rings is 1. The Morgan fingerprint density at radius 2 is 2.05 bits per heavy atom. The average molecular weight is 287 g/mol. The van der Waals surface area contributed by atoms with Crippen molar-refractivity contribution in [2.75, 3.05) is 0 Å². The minimum Gasteiger partial charge on any atom is -0.287 e. The number of fused-ring (bicyclic) bond motifs is 1. The van der Waals surface area contributed by atoms with E-state index in [1.54, 1.807) is 17.5 Å². The third-order valence-electron chi connectivity index (χ3n) is 2.99. The van der Waals surface area contributed by atoms with Crippen molar-refractivity contribution < 1.29 is 9.72 Å². The van der Waals surface area contributed by atoms with Crippen molar-refractivity contribution in [3.8, 4) is 0 Å². The lowest BCUT2D eigenvalue weighted by Crippen LogP contribution is -2.06. The number of non-ortho nitro benzene ring substituents is 1. The van der Waals surface area contributed by atoms with E-state index in [9.17, 15) is 14.9 Å². The number of carbonyl (C=O) groups excluding carboxylic acids is 1. The molecule has 7 heteroatoms. The molecule has 0 aliphatic heterocycles. The minimum absolute atomic E-state index is 0.0350. The van der Waals surface area contributed by atoms with Gasteiger partial charge < -0.3 is 0 Å². The highest BCUT2D eigenvalue weighted by Crippen LogP contribution is 2.21. The van der Waals surface area contributed by atoms with Crippen LogP contribution in [0.5, 0.6) is 0 Å². The second-order valence-electron chi connectivity index (χ2n) is 4.23. The fraction of sp³-hybridized carbons (Fsp3) is 0.0769. The Kier molecular flexibility index (Phi) is 2.83. The second kappa shape index (κ2) is 4.53. The highest BCUT2D eigenvalue weighted by atomic mass is 32.1. The first-order valence-electron chi connectivity index (χ1n) is 5.79. The van der Waals surface area contributed by atoms with Crippen LogP contribution in [0.2, 0.25) is 0 Å². The van der Waals surface area contributed by atoms with Gasteiger partial charge in [-0.15, -0.1) is 11.3 Å². The number of nitro groups is 1. The summed E-state index contributed by atoms with van der Waals surface area (Å²) in [4.78, 5) is 27.7. The molecule has 0 radical (unpaired) electrons. The van der Waals surface area contributed by atoms with Gasteiger partial charge in [-0.3, -0.25) is 19.3 Å². The third-order valence-corrected chi connectivity index (χ3v) is 3.75. The summed E-state index contributed by atoms with van der Waals surface area (Å²) in [5, 5.41) is 12.5. The zero-order chi connectivity index (χ0) is 14.3. The number of ketones is 1. The molecule has 0 N–H and O–H groups in total. The van der Waals surface area contributed by atoms with E-state index in [1.807, 2.05) is 5.38 Å². The van der Waals surface area contributed by atoms with E-state index in [0.717, 1.165) is 4.96 Å². The number of rotatable bonds is 3. The molecule has 0 saturated heterocycles. The summed E-state index contributed by atoms with van der Waals surface area (Å²) < 4.78 is 1.74. The van der Waals surface area contributed by atoms with Crippen LogP contribution in [0.3, 0.4) is 0 Å². The van der Waals surface area contributed by atoms with Crippen molar-refractivity contribution in [2.45, 2.75) is 6.92 Å². The summed E-state index contributed by atoms with van der Waals surface area (Å²) in [6.07, 6.45) is 1.79. The van der Waals surface area contributed by atoms with Gasteiger partial charge in [0.1, 0.15) is 5.69 Å². The molecule has 3 rings (SSSR count). The van der Waals surface area contributed by atoms with Gasteiger partial charge in [-0.25, -0.2) is 4.98 Å². The zero-order valence-electron chi connectivity index (χ0n) is 10.4. The van der Waals surface area contributed by atoms with Crippen LogP contribution in [0.25, 0.3) is 4.96 Å². The summed E-state index contributed by atoms with van der Waals surface area (Å²) in [5.41, 5.74) is 1.52. The third kappa shape index (κ3) is 1.88. The van der Waals surface area contributed by atoms with E-state index in [1.165, 1.54) is 35.6 Å². The van der Waals surface area contributed by atoms with E-state index in [-0.39, 0.29) is 11.5 Å². The van der Waals surface area contributed by atoms with Crippen LogP contribution in [-0.2, 0) is 0 Å². The van der Waals surface area contributed by atoms with Crippen molar-refractivity contribution in [1.82, 2.24) is 9.38 Å². The van der Waals surface area contributed by atoms with Gasteiger partial charge in [0, 0.05) is 29.3 Å². The highest BCUT2D eigenvalue weighted by Gasteiger charge is 2.19. The second-order valence-corrected chi connectivity index (χ2v) is 5.11. The van der Waals surface area contributed by atoms with Crippen LogP contribution in [-0.4, -0.2) is 20.1 Å². The maximum absolute atomic E-state index is 12.5. The van der Waals surface area contributed by atoms with Crippen LogP contribution in [0.4, 0.5) is 5.69 Å².